The SMILES string of the molecule is CCc1ccc2c(n1)C=CC(C)(C)C=C2. The highest BCUT2D eigenvalue weighted by Crippen LogP contribution is 2.26. The minimum atomic E-state index is 0.132. The largest absolute Gasteiger partial charge is 0.253 e. The van der Waals surface area contributed by atoms with Crippen molar-refractivity contribution in [1.82, 2.24) is 4.98 Å². The monoisotopic (exact) mass is 199 g/mol. The van der Waals surface area contributed by atoms with E-state index in [9.17, 15) is 0 Å². The summed E-state index contributed by atoms with van der Waals surface area (Å²) in [6.07, 6.45) is 9.73. The van der Waals surface area contributed by atoms with Crippen molar-refractivity contribution < 1.29 is 0 Å². The Morgan fingerprint density at radius 3 is 2.60 bits per heavy atom. The van der Waals surface area contributed by atoms with Crippen LogP contribution in [0.1, 0.15) is 37.7 Å². The van der Waals surface area contributed by atoms with E-state index in [2.05, 4.69) is 62.2 Å². The van der Waals surface area contributed by atoms with Gasteiger partial charge in [-0.3, -0.25) is 4.98 Å². The second kappa shape index (κ2) is 3.65. The normalized spacial score (nSPS) is 17.3. The zero-order valence-corrected chi connectivity index (χ0v) is 9.62. The summed E-state index contributed by atoms with van der Waals surface area (Å²) in [5.41, 5.74) is 3.60. The molecule has 0 aromatic carbocycles. The first-order valence-electron chi connectivity index (χ1n) is 5.49. The van der Waals surface area contributed by atoms with Crippen LogP contribution in [0.15, 0.2) is 24.3 Å². The van der Waals surface area contributed by atoms with Gasteiger partial charge in [-0.05, 0) is 24.1 Å². The lowest BCUT2D eigenvalue weighted by Gasteiger charge is -2.11. The van der Waals surface area contributed by atoms with Crippen molar-refractivity contribution in [2.24, 2.45) is 5.41 Å². The van der Waals surface area contributed by atoms with Gasteiger partial charge in [0.2, 0.25) is 0 Å². The summed E-state index contributed by atoms with van der Waals surface area (Å²) >= 11 is 0. The Morgan fingerprint density at radius 2 is 1.87 bits per heavy atom. The highest BCUT2D eigenvalue weighted by atomic mass is 14.7. The van der Waals surface area contributed by atoms with Gasteiger partial charge < -0.3 is 0 Å². The van der Waals surface area contributed by atoms with Crippen LogP contribution in [-0.4, -0.2) is 4.98 Å². The molecule has 1 nitrogen and oxygen atoms in total. The Hall–Kier alpha value is -1.37. The molecule has 1 aromatic heterocycles. The molecule has 0 aliphatic heterocycles. The van der Waals surface area contributed by atoms with Crippen LogP contribution in [0.2, 0.25) is 0 Å². The zero-order chi connectivity index (χ0) is 10.9. The Bertz CT molecular complexity index is 425. The number of hydrogen-bond acceptors (Lipinski definition) is 1. The van der Waals surface area contributed by atoms with Gasteiger partial charge in [-0.15, -0.1) is 0 Å². The fraction of sp³-hybridized carbons (Fsp3) is 0.357. The van der Waals surface area contributed by atoms with Gasteiger partial charge in [-0.2, -0.15) is 0 Å². The quantitative estimate of drug-likeness (QED) is 0.672. The van der Waals surface area contributed by atoms with Crippen LogP contribution in [-0.2, 0) is 6.42 Å². The van der Waals surface area contributed by atoms with Crippen LogP contribution >= 0.6 is 0 Å². The van der Waals surface area contributed by atoms with Crippen molar-refractivity contribution in [2.45, 2.75) is 27.2 Å². The summed E-state index contributed by atoms with van der Waals surface area (Å²) in [4.78, 5) is 4.62. The van der Waals surface area contributed by atoms with Crippen LogP contribution in [0.4, 0.5) is 0 Å². The summed E-state index contributed by atoms with van der Waals surface area (Å²) < 4.78 is 0. The van der Waals surface area contributed by atoms with Gasteiger partial charge in [-0.1, -0.05) is 45.1 Å². The number of aromatic nitrogens is 1. The van der Waals surface area contributed by atoms with Crippen molar-refractivity contribution in [2.75, 3.05) is 0 Å². The van der Waals surface area contributed by atoms with E-state index >= 15 is 0 Å². The summed E-state index contributed by atoms with van der Waals surface area (Å²) in [6, 6.07) is 4.26. The number of aryl methyl sites for hydroxylation is 1. The number of fused-ring (bicyclic) bond motifs is 1. The van der Waals surface area contributed by atoms with Gasteiger partial charge in [0, 0.05) is 11.1 Å². The fourth-order valence-electron chi connectivity index (χ4n) is 1.65. The van der Waals surface area contributed by atoms with E-state index in [1.165, 1.54) is 5.56 Å². The average molecular weight is 199 g/mol. The van der Waals surface area contributed by atoms with Crippen molar-refractivity contribution in [3.05, 3.63) is 41.2 Å². The van der Waals surface area contributed by atoms with Gasteiger partial charge in [0.1, 0.15) is 0 Å². The number of hydrogen-bond donors (Lipinski definition) is 0. The van der Waals surface area contributed by atoms with Crippen molar-refractivity contribution in [3.8, 4) is 0 Å². The summed E-state index contributed by atoms with van der Waals surface area (Å²) in [5, 5.41) is 0. The Balaban J connectivity index is 2.49. The summed E-state index contributed by atoms with van der Waals surface area (Å²) in [5.74, 6) is 0. The zero-order valence-electron chi connectivity index (χ0n) is 9.62. The number of nitrogens with zero attached hydrogens (tertiary/aromatic N) is 1. The molecule has 0 N–H and O–H groups in total. The molecule has 0 bridgehead atoms. The van der Waals surface area contributed by atoms with E-state index in [0.29, 0.717) is 0 Å². The molecule has 15 heavy (non-hydrogen) atoms. The average Bonchev–Trinajstić information content (AvgIpc) is 2.38. The third kappa shape index (κ3) is 2.17. The summed E-state index contributed by atoms with van der Waals surface area (Å²) in [7, 11) is 0. The standard InChI is InChI=1S/C14H17N/c1-4-12-6-5-11-7-9-14(2,3)10-8-13(11)15-12/h5-10H,4H2,1-3H3. The highest BCUT2D eigenvalue weighted by Gasteiger charge is 2.12. The molecule has 0 saturated carbocycles. The molecule has 1 heteroatoms. The smallest absolute Gasteiger partial charge is 0.0702 e. The summed E-state index contributed by atoms with van der Waals surface area (Å²) in [6.45, 7) is 6.54. The molecule has 0 spiro atoms. The maximum absolute atomic E-state index is 4.62. The van der Waals surface area contributed by atoms with Crippen LogP contribution in [0.5, 0.6) is 0 Å². The van der Waals surface area contributed by atoms with E-state index in [1.54, 1.807) is 0 Å². The number of allylic oxidation sites excluding steroid dienone is 2. The van der Waals surface area contributed by atoms with E-state index in [1.807, 2.05) is 0 Å². The third-order valence-corrected chi connectivity index (χ3v) is 2.74. The van der Waals surface area contributed by atoms with Gasteiger partial charge in [-0.25, -0.2) is 0 Å². The molecule has 0 saturated heterocycles. The predicted molar refractivity (Wildman–Crippen MR) is 65.5 cm³/mol. The number of rotatable bonds is 1. The second-order valence-corrected chi connectivity index (χ2v) is 4.62. The van der Waals surface area contributed by atoms with Gasteiger partial charge >= 0.3 is 0 Å². The van der Waals surface area contributed by atoms with Crippen molar-refractivity contribution in [1.29, 1.82) is 0 Å². The molecule has 1 heterocycles. The number of pyridine rings is 1. The van der Waals surface area contributed by atoms with E-state index in [0.717, 1.165) is 17.8 Å². The molecule has 0 fully saturated rings. The molecule has 1 aliphatic carbocycles. The van der Waals surface area contributed by atoms with Gasteiger partial charge in [0.15, 0.2) is 0 Å². The van der Waals surface area contributed by atoms with Crippen molar-refractivity contribution >= 4 is 12.2 Å². The molecule has 0 amide bonds. The van der Waals surface area contributed by atoms with Crippen LogP contribution < -0.4 is 0 Å². The molecule has 2 rings (SSSR count). The first kappa shape index (κ1) is 10.2. The molecule has 0 atom stereocenters. The van der Waals surface area contributed by atoms with E-state index < -0.39 is 0 Å². The van der Waals surface area contributed by atoms with Gasteiger partial charge in [0.25, 0.3) is 0 Å². The lowest BCUT2D eigenvalue weighted by molar-refractivity contribution is 0.633. The molecular weight excluding hydrogens is 182 g/mol. The molecule has 1 aliphatic rings. The van der Waals surface area contributed by atoms with Crippen LogP contribution in [0.3, 0.4) is 0 Å². The fourth-order valence-corrected chi connectivity index (χ4v) is 1.65. The van der Waals surface area contributed by atoms with Crippen molar-refractivity contribution in [3.63, 3.8) is 0 Å². The molecular formula is C14H17N. The second-order valence-electron chi connectivity index (χ2n) is 4.62. The van der Waals surface area contributed by atoms with E-state index in [-0.39, 0.29) is 5.41 Å². The molecule has 0 radical (unpaired) electrons. The minimum Gasteiger partial charge on any atom is -0.253 e. The first-order valence-corrected chi connectivity index (χ1v) is 5.49. The predicted octanol–water partition coefficient (Wildman–Crippen LogP) is 3.71. The van der Waals surface area contributed by atoms with Crippen LogP contribution in [0, 0.1) is 5.41 Å². The molecule has 0 unspecified atom stereocenters. The molecule has 1 aromatic rings. The lowest BCUT2D eigenvalue weighted by atomic mass is 9.93. The lowest BCUT2D eigenvalue weighted by Crippen LogP contribution is -2.00. The molecule has 78 valence electrons. The highest BCUT2D eigenvalue weighted by molar-refractivity contribution is 5.66. The maximum atomic E-state index is 4.62. The minimum absolute atomic E-state index is 0.132. The van der Waals surface area contributed by atoms with Crippen LogP contribution in [0.25, 0.3) is 12.2 Å². The third-order valence-electron chi connectivity index (χ3n) is 2.74. The Morgan fingerprint density at radius 1 is 1.13 bits per heavy atom. The first-order chi connectivity index (χ1) is 7.11. The maximum Gasteiger partial charge on any atom is 0.0702 e. The van der Waals surface area contributed by atoms with Gasteiger partial charge in [0.05, 0.1) is 5.69 Å². The Kier molecular flexibility index (Phi) is 2.47. The topological polar surface area (TPSA) is 12.9 Å². The van der Waals surface area contributed by atoms with E-state index in [4.69, 9.17) is 0 Å². The Labute approximate surface area is 91.6 Å².